The number of ether oxygens (including phenoxy) is 1. The lowest BCUT2D eigenvalue weighted by atomic mass is 10.2. The van der Waals surface area contributed by atoms with Crippen molar-refractivity contribution in [2.45, 2.75) is 41.5 Å². The number of methoxy groups -OCH3 is 1. The third-order valence-electron chi connectivity index (χ3n) is 3.16. The minimum Gasteiger partial charge on any atom is -0.497 e. The van der Waals surface area contributed by atoms with Gasteiger partial charge in [0.25, 0.3) is 0 Å². The largest absolute Gasteiger partial charge is 0.497 e. The van der Waals surface area contributed by atoms with Crippen LogP contribution in [0, 0.1) is 6.92 Å². The molecule has 0 radical (unpaired) electrons. The highest BCUT2D eigenvalue weighted by molar-refractivity contribution is 5.85. The molecule has 4 nitrogen and oxygen atoms in total. The number of anilines is 1. The lowest BCUT2D eigenvalue weighted by molar-refractivity contribution is 0.414. The third-order valence-corrected chi connectivity index (χ3v) is 3.16. The zero-order valence-corrected chi connectivity index (χ0v) is 17.7. The SMILES string of the molecule is C=Cc1c(N=C(C)C)ccnc1N/C=C/C.CC.COc1ccc(C)cc1. The van der Waals surface area contributed by atoms with Gasteiger partial charge in [-0.25, -0.2) is 4.98 Å². The van der Waals surface area contributed by atoms with E-state index in [1.807, 2.05) is 77.2 Å². The van der Waals surface area contributed by atoms with Crippen molar-refractivity contribution in [1.29, 1.82) is 0 Å². The van der Waals surface area contributed by atoms with Crippen LogP contribution in [0.2, 0.25) is 0 Å². The van der Waals surface area contributed by atoms with Crippen LogP contribution in [0.1, 0.15) is 45.7 Å². The van der Waals surface area contributed by atoms with Crippen LogP contribution in [0.15, 0.2) is 60.4 Å². The summed E-state index contributed by atoms with van der Waals surface area (Å²) in [6, 6.07) is 9.84. The zero-order valence-electron chi connectivity index (χ0n) is 17.7. The van der Waals surface area contributed by atoms with Gasteiger partial charge in [0, 0.05) is 17.5 Å². The number of allylic oxidation sites excluding steroid dienone is 1. The normalized spacial score (nSPS) is 9.30. The second-order valence-corrected chi connectivity index (χ2v) is 5.52. The van der Waals surface area contributed by atoms with Crippen molar-refractivity contribution in [3.8, 4) is 5.75 Å². The van der Waals surface area contributed by atoms with Gasteiger partial charge in [-0.1, -0.05) is 50.3 Å². The van der Waals surface area contributed by atoms with E-state index < -0.39 is 0 Å². The third kappa shape index (κ3) is 9.40. The van der Waals surface area contributed by atoms with Crippen LogP contribution in [-0.4, -0.2) is 17.8 Å². The van der Waals surface area contributed by atoms with Gasteiger partial charge in [-0.3, -0.25) is 4.99 Å². The Balaban J connectivity index is 0.000000519. The Morgan fingerprint density at radius 2 is 1.78 bits per heavy atom. The van der Waals surface area contributed by atoms with Gasteiger partial charge in [-0.05, 0) is 52.1 Å². The van der Waals surface area contributed by atoms with E-state index in [1.54, 1.807) is 19.4 Å². The molecule has 1 N–H and O–H groups in total. The Kier molecular flexibility index (Phi) is 12.8. The first-order chi connectivity index (χ1) is 13.0. The molecule has 2 rings (SSSR count). The fraction of sp³-hybridized carbons (Fsp3) is 0.304. The molecule has 0 amide bonds. The van der Waals surface area contributed by atoms with Crippen molar-refractivity contribution >= 4 is 23.3 Å². The molecule has 0 aliphatic carbocycles. The summed E-state index contributed by atoms with van der Waals surface area (Å²) in [6.45, 7) is 15.7. The summed E-state index contributed by atoms with van der Waals surface area (Å²) in [4.78, 5) is 8.69. The molecule has 0 aliphatic heterocycles. The van der Waals surface area contributed by atoms with Gasteiger partial charge in [-0.2, -0.15) is 0 Å². The Morgan fingerprint density at radius 3 is 2.26 bits per heavy atom. The summed E-state index contributed by atoms with van der Waals surface area (Å²) in [5, 5.41) is 3.10. The standard InChI is InChI=1S/C13H17N3.C8H10O.C2H6/c1-5-8-14-13-11(6-2)12(7-9-15-13)16-10(3)4;1-7-3-5-8(9-2)6-4-7;1-2/h5-9H,2H2,1,3-4H3,(H,14,15);3-6H,1-2H3;1-2H3/b8-5+;;. The summed E-state index contributed by atoms with van der Waals surface area (Å²) in [7, 11) is 1.67. The second kappa shape index (κ2) is 14.3. The van der Waals surface area contributed by atoms with Gasteiger partial charge in [0.1, 0.15) is 11.6 Å². The highest BCUT2D eigenvalue weighted by atomic mass is 16.5. The molecule has 27 heavy (non-hydrogen) atoms. The van der Waals surface area contributed by atoms with Crippen LogP contribution < -0.4 is 10.1 Å². The highest BCUT2D eigenvalue weighted by Gasteiger charge is 2.04. The molecule has 2 aromatic rings. The minimum atomic E-state index is 0.774. The van der Waals surface area contributed by atoms with Crippen molar-refractivity contribution in [1.82, 2.24) is 4.98 Å². The first-order valence-corrected chi connectivity index (χ1v) is 9.13. The molecular weight excluding hydrogens is 334 g/mol. The predicted molar refractivity (Wildman–Crippen MR) is 120 cm³/mol. The Bertz CT molecular complexity index is 728. The molecule has 0 unspecified atom stereocenters. The first-order valence-electron chi connectivity index (χ1n) is 9.13. The molecule has 1 heterocycles. The number of hydrogen-bond donors (Lipinski definition) is 1. The predicted octanol–water partition coefficient (Wildman–Crippen LogP) is 6.81. The van der Waals surface area contributed by atoms with E-state index in [0.29, 0.717) is 0 Å². The fourth-order valence-electron chi connectivity index (χ4n) is 1.95. The molecule has 0 spiro atoms. The van der Waals surface area contributed by atoms with Crippen LogP contribution in [0.5, 0.6) is 5.75 Å². The van der Waals surface area contributed by atoms with E-state index in [4.69, 9.17) is 4.74 Å². The van der Waals surface area contributed by atoms with Gasteiger partial charge >= 0.3 is 0 Å². The fourth-order valence-corrected chi connectivity index (χ4v) is 1.95. The molecule has 0 atom stereocenters. The van der Waals surface area contributed by atoms with Crippen LogP contribution >= 0.6 is 0 Å². The average molecular weight is 368 g/mol. The van der Waals surface area contributed by atoms with Crippen molar-refractivity contribution < 1.29 is 4.74 Å². The van der Waals surface area contributed by atoms with Crippen LogP contribution in [-0.2, 0) is 0 Å². The molecule has 0 saturated carbocycles. The van der Waals surface area contributed by atoms with Gasteiger partial charge in [0.2, 0.25) is 0 Å². The lowest BCUT2D eigenvalue weighted by Crippen LogP contribution is -1.94. The summed E-state index contributed by atoms with van der Waals surface area (Å²) in [6.07, 6.45) is 7.25. The van der Waals surface area contributed by atoms with E-state index in [0.717, 1.165) is 28.5 Å². The van der Waals surface area contributed by atoms with Crippen LogP contribution in [0.3, 0.4) is 0 Å². The van der Waals surface area contributed by atoms with Crippen molar-refractivity contribution in [2.24, 2.45) is 4.99 Å². The van der Waals surface area contributed by atoms with E-state index in [1.165, 1.54) is 5.56 Å². The average Bonchev–Trinajstić information content (AvgIpc) is 2.68. The molecule has 0 aliphatic rings. The first kappa shape index (κ1) is 24.1. The zero-order chi connectivity index (χ0) is 20.7. The summed E-state index contributed by atoms with van der Waals surface area (Å²) in [5.41, 5.74) is 4.07. The number of aryl methyl sites for hydroxylation is 1. The molecule has 1 aromatic heterocycles. The topological polar surface area (TPSA) is 46.5 Å². The quantitative estimate of drug-likeness (QED) is 0.590. The van der Waals surface area contributed by atoms with E-state index in [-0.39, 0.29) is 0 Å². The van der Waals surface area contributed by atoms with Gasteiger partial charge in [0.05, 0.1) is 12.8 Å². The molecule has 0 fully saturated rings. The smallest absolute Gasteiger partial charge is 0.139 e. The number of nitrogens with one attached hydrogen (secondary N) is 1. The molecular formula is C23H33N3O. The van der Waals surface area contributed by atoms with Gasteiger partial charge in [-0.15, -0.1) is 0 Å². The molecule has 1 aromatic carbocycles. The number of aromatic nitrogens is 1. The van der Waals surface area contributed by atoms with E-state index >= 15 is 0 Å². The van der Waals surface area contributed by atoms with E-state index in [9.17, 15) is 0 Å². The summed E-state index contributed by atoms with van der Waals surface area (Å²) < 4.78 is 4.97. The van der Waals surface area contributed by atoms with Crippen molar-refractivity contribution in [2.75, 3.05) is 12.4 Å². The summed E-state index contributed by atoms with van der Waals surface area (Å²) in [5.74, 6) is 1.69. The molecule has 4 heteroatoms. The lowest BCUT2D eigenvalue weighted by Gasteiger charge is -2.07. The van der Waals surface area contributed by atoms with Crippen molar-refractivity contribution in [3.63, 3.8) is 0 Å². The maximum Gasteiger partial charge on any atom is 0.139 e. The number of benzene rings is 1. The van der Waals surface area contributed by atoms with Crippen LogP contribution in [0.4, 0.5) is 11.5 Å². The van der Waals surface area contributed by atoms with Crippen molar-refractivity contribution in [3.05, 3.63) is 66.5 Å². The van der Waals surface area contributed by atoms with Gasteiger partial charge < -0.3 is 10.1 Å². The molecule has 0 saturated heterocycles. The number of nitrogens with zero attached hydrogens (tertiary/aromatic N) is 2. The van der Waals surface area contributed by atoms with Gasteiger partial charge in [0.15, 0.2) is 0 Å². The maximum atomic E-state index is 4.97. The monoisotopic (exact) mass is 367 g/mol. The Hall–Kier alpha value is -2.88. The second-order valence-electron chi connectivity index (χ2n) is 5.52. The highest BCUT2D eigenvalue weighted by Crippen LogP contribution is 2.26. The number of rotatable bonds is 5. The maximum absolute atomic E-state index is 4.97. The molecule has 146 valence electrons. The van der Waals surface area contributed by atoms with Crippen LogP contribution in [0.25, 0.3) is 6.08 Å². The number of pyridine rings is 1. The van der Waals surface area contributed by atoms with E-state index in [2.05, 4.69) is 28.8 Å². The Labute approximate surface area is 164 Å². The molecule has 0 bridgehead atoms. The minimum absolute atomic E-state index is 0.774. The number of aliphatic imine (C=N–C) groups is 1. The Morgan fingerprint density at radius 1 is 1.15 bits per heavy atom. The summed E-state index contributed by atoms with van der Waals surface area (Å²) >= 11 is 0. The number of hydrogen-bond acceptors (Lipinski definition) is 4.